The number of para-hydroxylation sites is 1. The van der Waals surface area contributed by atoms with Crippen LogP contribution in [0.5, 0.6) is 5.75 Å². The molecule has 0 bridgehead atoms. The van der Waals surface area contributed by atoms with Crippen molar-refractivity contribution in [1.82, 2.24) is 14.9 Å². The van der Waals surface area contributed by atoms with Crippen LogP contribution in [0, 0.1) is 0 Å². The quantitative estimate of drug-likeness (QED) is 0.600. The van der Waals surface area contributed by atoms with Crippen LogP contribution in [0.3, 0.4) is 0 Å². The number of rotatable bonds is 8. The maximum absolute atomic E-state index is 11.7. The molecule has 6 heteroatoms. The summed E-state index contributed by atoms with van der Waals surface area (Å²) in [5, 5.41) is 3.70. The summed E-state index contributed by atoms with van der Waals surface area (Å²) in [6.45, 7) is 3.86. The fourth-order valence-electron chi connectivity index (χ4n) is 1.73. The number of nitrogens with one attached hydrogen (secondary N) is 1. The Morgan fingerprint density at radius 3 is 2.95 bits per heavy atom. The number of carbonyl (C=O) groups is 1. The number of hydrogen-bond donors (Lipinski definition) is 1. The number of nitrogens with zero attached hydrogens (tertiary/aromatic N) is 2. The lowest BCUT2D eigenvalue weighted by Gasteiger charge is -2.08. The predicted molar refractivity (Wildman–Crippen MR) is 83.6 cm³/mol. The molecule has 0 atom stereocenters. The molecule has 1 aromatic carbocycles. The van der Waals surface area contributed by atoms with Crippen molar-refractivity contribution in [2.75, 3.05) is 18.9 Å². The Balaban J connectivity index is 1.62. The third kappa shape index (κ3) is 5.15. The third-order valence-electron chi connectivity index (χ3n) is 2.79. The van der Waals surface area contributed by atoms with Crippen molar-refractivity contribution in [3.05, 3.63) is 42.7 Å². The molecule has 0 aliphatic rings. The fraction of sp³-hybridized carbons (Fsp3) is 0.333. The number of amides is 1. The van der Waals surface area contributed by atoms with Crippen molar-refractivity contribution in [2.45, 2.75) is 18.6 Å². The summed E-state index contributed by atoms with van der Waals surface area (Å²) in [7, 11) is 0. The van der Waals surface area contributed by atoms with Crippen molar-refractivity contribution in [3.63, 3.8) is 0 Å². The smallest absolute Gasteiger partial charge is 0.230 e. The van der Waals surface area contributed by atoms with Gasteiger partial charge < -0.3 is 14.6 Å². The summed E-state index contributed by atoms with van der Waals surface area (Å²) in [4.78, 5) is 15.9. The van der Waals surface area contributed by atoms with Crippen molar-refractivity contribution < 1.29 is 9.53 Å². The number of imidazole rings is 1. The summed E-state index contributed by atoms with van der Waals surface area (Å²) < 4.78 is 7.52. The highest BCUT2D eigenvalue weighted by Crippen LogP contribution is 2.14. The van der Waals surface area contributed by atoms with Gasteiger partial charge in [-0.25, -0.2) is 4.98 Å². The van der Waals surface area contributed by atoms with Gasteiger partial charge in [-0.3, -0.25) is 4.79 Å². The van der Waals surface area contributed by atoms with Crippen molar-refractivity contribution in [2.24, 2.45) is 0 Å². The second-order valence-corrected chi connectivity index (χ2v) is 5.24. The zero-order chi connectivity index (χ0) is 14.9. The lowest BCUT2D eigenvalue weighted by molar-refractivity contribution is -0.118. The van der Waals surface area contributed by atoms with Gasteiger partial charge in [0.05, 0.1) is 12.3 Å². The molecular formula is C15H19N3O2S. The number of ether oxygens (including phenoxy) is 1. The van der Waals surface area contributed by atoms with E-state index in [0.29, 0.717) is 18.9 Å². The zero-order valence-electron chi connectivity index (χ0n) is 12.0. The maximum Gasteiger partial charge on any atom is 0.230 e. The van der Waals surface area contributed by atoms with E-state index in [9.17, 15) is 4.79 Å². The minimum Gasteiger partial charge on any atom is -0.492 e. The van der Waals surface area contributed by atoms with E-state index in [1.54, 1.807) is 6.20 Å². The molecular weight excluding hydrogens is 286 g/mol. The molecule has 0 fully saturated rings. The number of carbonyl (C=O) groups excluding carboxylic acids is 1. The van der Waals surface area contributed by atoms with E-state index in [4.69, 9.17) is 4.74 Å². The van der Waals surface area contributed by atoms with Gasteiger partial charge in [0.15, 0.2) is 5.16 Å². The van der Waals surface area contributed by atoms with Gasteiger partial charge in [0.2, 0.25) is 5.91 Å². The Kier molecular flexibility index (Phi) is 6.15. The number of hydrogen-bond acceptors (Lipinski definition) is 4. The number of thioether (sulfide) groups is 1. The largest absolute Gasteiger partial charge is 0.492 e. The molecule has 1 N–H and O–H groups in total. The summed E-state index contributed by atoms with van der Waals surface area (Å²) in [6.07, 6.45) is 3.66. The molecule has 0 saturated heterocycles. The van der Waals surface area contributed by atoms with Crippen LogP contribution in [0.2, 0.25) is 0 Å². The van der Waals surface area contributed by atoms with Crippen LogP contribution in [0.15, 0.2) is 47.9 Å². The van der Waals surface area contributed by atoms with Crippen molar-refractivity contribution in [3.8, 4) is 5.75 Å². The minimum absolute atomic E-state index is 0.0117. The zero-order valence-corrected chi connectivity index (χ0v) is 12.8. The predicted octanol–water partition coefficient (Wildman–Crippen LogP) is 2.19. The average Bonchev–Trinajstić information content (AvgIpc) is 2.98. The Hall–Kier alpha value is -1.95. The third-order valence-corrected chi connectivity index (χ3v) is 3.79. The Morgan fingerprint density at radius 2 is 2.19 bits per heavy atom. The van der Waals surface area contributed by atoms with Gasteiger partial charge >= 0.3 is 0 Å². The number of benzene rings is 1. The first-order chi connectivity index (χ1) is 10.3. The molecule has 0 spiro atoms. The van der Waals surface area contributed by atoms with E-state index in [0.717, 1.165) is 17.5 Å². The normalized spacial score (nSPS) is 10.3. The molecule has 0 saturated carbocycles. The van der Waals surface area contributed by atoms with E-state index in [1.807, 2.05) is 48.0 Å². The summed E-state index contributed by atoms with van der Waals surface area (Å²) >= 11 is 1.44. The van der Waals surface area contributed by atoms with Crippen LogP contribution in [0.1, 0.15) is 6.92 Å². The van der Waals surface area contributed by atoms with E-state index < -0.39 is 0 Å². The summed E-state index contributed by atoms with van der Waals surface area (Å²) in [6, 6.07) is 9.55. The number of aromatic nitrogens is 2. The van der Waals surface area contributed by atoms with Crippen molar-refractivity contribution in [1.29, 1.82) is 0 Å². The molecule has 2 aromatic rings. The molecule has 21 heavy (non-hydrogen) atoms. The Labute approximate surface area is 128 Å². The van der Waals surface area contributed by atoms with Gasteiger partial charge in [-0.05, 0) is 19.1 Å². The molecule has 0 unspecified atom stereocenters. The van der Waals surface area contributed by atoms with E-state index >= 15 is 0 Å². The highest BCUT2D eigenvalue weighted by Gasteiger charge is 2.06. The molecule has 1 heterocycles. The first-order valence-electron chi connectivity index (χ1n) is 6.88. The molecule has 5 nitrogen and oxygen atoms in total. The van der Waals surface area contributed by atoms with Gasteiger partial charge in [0.1, 0.15) is 12.4 Å². The van der Waals surface area contributed by atoms with Gasteiger partial charge in [-0.2, -0.15) is 0 Å². The van der Waals surface area contributed by atoms with Crippen LogP contribution in [0.4, 0.5) is 0 Å². The van der Waals surface area contributed by atoms with Crippen LogP contribution in [0.25, 0.3) is 0 Å². The molecule has 0 radical (unpaired) electrons. The van der Waals surface area contributed by atoms with Crippen LogP contribution in [-0.4, -0.2) is 34.4 Å². The Morgan fingerprint density at radius 1 is 1.38 bits per heavy atom. The molecule has 1 amide bonds. The highest BCUT2D eigenvalue weighted by molar-refractivity contribution is 7.99. The average molecular weight is 305 g/mol. The van der Waals surface area contributed by atoms with Gasteiger partial charge in [0.25, 0.3) is 0 Å². The van der Waals surface area contributed by atoms with Crippen LogP contribution in [-0.2, 0) is 11.3 Å². The fourth-order valence-corrected chi connectivity index (χ4v) is 2.59. The lowest BCUT2D eigenvalue weighted by atomic mass is 10.3. The van der Waals surface area contributed by atoms with E-state index in [2.05, 4.69) is 10.3 Å². The Bertz CT molecular complexity index is 557. The van der Waals surface area contributed by atoms with Crippen LogP contribution < -0.4 is 10.1 Å². The minimum atomic E-state index is -0.0117. The monoisotopic (exact) mass is 305 g/mol. The lowest BCUT2D eigenvalue weighted by Crippen LogP contribution is -2.29. The van der Waals surface area contributed by atoms with Crippen molar-refractivity contribution >= 4 is 17.7 Å². The summed E-state index contributed by atoms with van der Waals surface area (Å²) in [5.74, 6) is 1.16. The first kappa shape index (κ1) is 15.4. The highest BCUT2D eigenvalue weighted by atomic mass is 32.2. The van der Waals surface area contributed by atoms with E-state index in [1.165, 1.54) is 11.8 Å². The molecule has 112 valence electrons. The maximum atomic E-state index is 11.7. The SMILES string of the molecule is CCn1ccnc1SCC(=O)NCCOc1ccccc1. The molecule has 0 aliphatic carbocycles. The van der Waals surface area contributed by atoms with Gasteiger partial charge in [-0.15, -0.1) is 0 Å². The standard InChI is InChI=1S/C15H19N3O2S/c1-2-18-10-8-17-15(18)21-12-14(19)16-9-11-20-13-6-4-3-5-7-13/h3-8,10H,2,9,11-12H2,1H3,(H,16,19). The number of aryl methyl sites for hydroxylation is 1. The second kappa shape index (κ2) is 8.36. The molecule has 1 aromatic heterocycles. The van der Waals surface area contributed by atoms with Crippen LogP contribution >= 0.6 is 11.8 Å². The second-order valence-electron chi connectivity index (χ2n) is 4.30. The summed E-state index contributed by atoms with van der Waals surface area (Å²) in [5.41, 5.74) is 0. The first-order valence-corrected chi connectivity index (χ1v) is 7.86. The van der Waals surface area contributed by atoms with Gasteiger partial charge in [0, 0.05) is 18.9 Å². The van der Waals surface area contributed by atoms with E-state index in [-0.39, 0.29) is 5.91 Å². The van der Waals surface area contributed by atoms with Gasteiger partial charge in [-0.1, -0.05) is 30.0 Å². The molecule has 0 aliphatic heterocycles. The topological polar surface area (TPSA) is 56.2 Å². The molecule has 2 rings (SSSR count).